The molecule has 0 spiro atoms. The maximum absolute atomic E-state index is 13.6. The molecule has 0 saturated carbocycles. The Labute approximate surface area is 352 Å². The van der Waals surface area contributed by atoms with E-state index in [9.17, 15) is 30.0 Å². The number of aliphatic hydroxyl groups is 3. The van der Waals surface area contributed by atoms with Crippen molar-refractivity contribution in [2.75, 3.05) is 31.6 Å². The van der Waals surface area contributed by atoms with Crippen LogP contribution in [-0.2, 0) is 38.5 Å². The van der Waals surface area contributed by atoms with Gasteiger partial charge in [0.25, 0.3) is 0 Å². The fourth-order valence-corrected chi connectivity index (χ4v) is 8.44. The molecule has 2 amide bonds. The van der Waals surface area contributed by atoms with Crippen molar-refractivity contribution in [2.45, 2.75) is 68.6 Å². The first-order chi connectivity index (χ1) is 28.6. The zero-order chi connectivity index (χ0) is 42.4. The van der Waals surface area contributed by atoms with E-state index >= 15 is 0 Å². The summed E-state index contributed by atoms with van der Waals surface area (Å²) in [5.74, 6) is -0.774. The number of imidazole rings is 1. The van der Waals surface area contributed by atoms with E-state index in [2.05, 4.69) is 30.0 Å². The van der Waals surface area contributed by atoms with Crippen LogP contribution in [-0.4, -0.2) is 106 Å². The van der Waals surface area contributed by atoms with Crippen molar-refractivity contribution in [3.63, 3.8) is 0 Å². The topological polar surface area (TPSA) is 214 Å². The number of benzene rings is 3. The quantitative estimate of drug-likeness (QED) is 0.0967. The highest BCUT2D eigenvalue weighted by Crippen LogP contribution is 2.44. The van der Waals surface area contributed by atoms with Crippen LogP contribution in [0.3, 0.4) is 0 Å². The van der Waals surface area contributed by atoms with Gasteiger partial charge in [-0.2, -0.15) is 5.10 Å². The third kappa shape index (κ3) is 8.00. The summed E-state index contributed by atoms with van der Waals surface area (Å²) in [6.45, 7) is 9.31. The number of amides is 2. The number of hydrogen-bond donors (Lipinski definition) is 6. The highest BCUT2D eigenvalue weighted by atomic mass is 35.5. The average Bonchev–Trinajstić information content (AvgIpc) is 3.93. The maximum Gasteiger partial charge on any atom is 0.338 e. The van der Waals surface area contributed by atoms with Gasteiger partial charge in [-0.25, -0.2) is 19.3 Å². The molecule has 6 aromatic rings. The number of fused-ring (bicyclic) bond motifs is 3. The molecule has 2 saturated heterocycles. The summed E-state index contributed by atoms with van der Waals surface area (Å²) in [6.07, 6.45) is -4.85. The number of carboxylic acids is 1. The predicted molar refractivity (Wildman–Crippen MR) is 220 cm³/mol. The number of aliphatic hydroxyl groups excluding tert-OH is 1. The number of thiazole rings is 1. The zero-order valence-corrected chi connectivity index (χ0v) is 34.4. The molecule has 3 aromatic carbocycles. The molecular weight excluding hydrogens is 818 g/mol. The van der Waals surface area contributed by atoms with Crippen molar-refractivity contribution in [2.24, 2.45) is 0 Å². The fraction of sp³-hybridized carbons (Fsp3) is 0.366. The molecule has 2 fully saturated rings. The number of aromatic nitrogens is 4. The van der Waals surface area contributed by atoms with Gasteiger partial charge in [0, 0.05) is 49.3 Å². The molecule has 8 rings (SSSR count). The first-order valence-electron chi connectivity index (χ1n) is 19.1. The van der Waals surface area contributed by atoms with Gasteiger partial charge in [0.05, 0.1) is 41.0 Å². The number of ether oxygens (including phenoxy) is 4. The fourth-order valence-electron chi connectivity index (χ4n) is 7.13. The molecule has 60 heavy (non-hydrogen) atoms. The molecule has 0 bridgehead atoms. The number of nitrogens with zero attached hydrogens (tertiary/aromatic N) is 5. The second kappa shape index (κ2) is 16.3. The summed E-state index contributed by atoms with van der Waals surface area (Å²) >= 11 is 7.97. The van der Waals surface area contributed by atoms with Crippen LogP contribution in [0.1, 0.15) is 37.7 Å². The van der Waals surface area contributed by atoms with Gasteiger partial charge in [0.1, 0.15) is 23.1 Å². The number of carbonyl (C=O) groups excluding carboxylic acids is 1. The van der Waals surface area contributed by atoms with Gasteiger partial charge in [-0.05, 0) is 30.3 Å². The Balaban J connectivity index is 1.00. The van der Waals surface area contributed by atoms with E-state index in [0.717, 1.165) is 40.5 Å². The van der Waals surface area contributed by atoms with Crippen LogP contribution >= 0.6 is 22.9 Å². The molecule has 6 N–H and O–H groups in total. The minimum atomic E-state index is -3.08. The smallest absolute Gasteiger partial charge is 0.338 e. The van der Waals surface area contributed by atoms with E-state index in [1.54, 1.807) is 68.5 Å². The van der Waals surface area contributed by atoms with Gasteiger partial charge in [0.2, 0.25) is 23.2 Å². The number of carboxylic acid groups (broad SMARTS) is 1. The number of morpholine rings is 1. The van der Waals surface area contributed by atoms with Crippen LogP contribution in [0.25, 0.3) is 15.2 Å². The highest BCUT2D eigenvalue weighted by Gasteiger charge is 2.68. The van der Waals surface area contributed by atoms with E-state index in [4.69, 9.17) is 30.5 Å². The van der Waals surface area contributed by atoms with E-state index in [-0.39, 0.29) is 23.8 Å². The van der Waals surface area contributed by atoms with Gasteiger partial charge < -0.3 is 44.7 Å². The second-order valence-corrected chi connectivity index (χ2v) is 17.2. The van der Waals surface area contributed by atoms with Gasteiger partial charge in [-0.3, -0.25) is 14.6 Å². The van der Waals surface area contributed by atoms with E-state index < -0.39 is 46.7 Å². The Morgan fingerprint density at radius 1 is 1.02 bits per heavy atom. The number of alkyl halides is 1. The van der Waals surface area contributed by atoms with Crippen LogP contribution in [0.2, 0.25) is 0 Å². The van der Waals surface area contributed by atoms with E-state index in [1.807, 2.05) is 30.5 Å². The molecule has 5 heterocycles. The third-order valence-corrected chi connectivity index (χ3v) is 11.7. The maximum atomic E-state index is 13.6. The summed E-state index contributed by atoms with van der Waals surface area (Å²) in [6, 6.07) is 21.6. The normalized spacial score (nSPS) is 23.8. The molecule has 3 aromatic heterocycles. The summed E-state index contributed by atoms with van der Waals surface area (Å²) in [7, 11) is 0. The molecule has 0 radical (unpaired) electrons. The van der Waals surface area contributed by atoms with Gasteiger partial charge in [0.15, 0.2) is 11.1 Å². The molecular formula is C41H44ClN7O10S. The Hall–Kier alpha value is -5.31. The number of hydrogen-bond acceptors (Lipinski definition) is 13. The van der Waals surface area contributed by atoms with Crippen LogP contribution < -0.4 is 20.1 Å². The van der Waals surface area contributed by atoms with Gasteiger partial charge in [-0.15, -0.1) is 0 Å². The van der Waals surface area contributed by atoms with E-state index in [0.29, 0.717) is 35.0 Å². The van der Waals surface area contributed by atoms with Crippen LogP contribution in [0, 0.1) is 0 Å². The lowest BCUT2D eigenvalue weighted by molar-refractivity contribution is -0.345. The molecule has 5 atom stereocenters. The Kier molecular flexibility index (Phi) is 11.2. The zero-order valence-electron chi connectivity index (χ0n) is 32.8. The van der Waals surface area contributed by atoms with Crippen molar-refractivity contribution in [1.29, 1.82) is 0 Å². The number of carbonyl (C=O) groups is 2. The van der Waals surface area contributed by atoms with Crippen molar-refractivity contribution < 1.29 is 49.0 Å². The molecule has 0 unspecified atom stereocenters. The predicted octanol–water partition coefficient (Wildman–Crippen LogP) is 4.81. The second-order valence-electron chi connectivity index (χ2n) is 15.6. The monoisotopic (exact) mass is 861 g/mol. The average molecular weight is 862 g/mol. The first kappa shape index (κ1) is 41.4. The number of para-hydroxylation sites is 2. The number of aliphatic carboxylic acids is 1. The van der Waals surface area contributed by atoms with Gasteiger partial charge in [-0.1, -0.05) is 80.1 Å². The molecule has 316 valence electrons. The number of nitrogens with one attached hydrogen (secondary N) is 2. The molecule has 19 heteroatoms. The van der Waals surface area contributed by atoms with Crippen molar-refractivity contribution in [3.05, 3.63) is 102 Å². The number of halogens is 1. The standard InChI is InChI=1S/C41H44ClN7O10S/c1-39(2,3)31-20-32(49(46-31)41(55)33(34(50)51)59-36(40(42,54)35(41)52)58-26-10-5-4-6-11-26)45-37(53)43-21-24-9-7-8-12-29(24)57-27-13-14-28-30(19-27)60-38-44-22-25(48(28)38)23-47-15-17-56-18-16-47/h4-14,19-20,22,33,35-36,52,54-55H,15-18,21,23H2,1-3H3,(H,50,51)(H2,43,45,53)/t33-,35-,36-,40-,41-/m1/s1. The van der Waals surface area contributed by atoms with Gasteiger partial charge >= 0.3 is 12.0 Å². The first-order valence-corrected chi connectivity index (χ1v) is 20.3. The molecule has 0 aliphatic carbocycles. The SMILES string of the molecule is CC(C)(C)c1cc(NC(=O)NCc2ccccc2Oc2ccc3c(c2)sc2ncc(CN4CCOCC4)n23)n([C@@]2(O)[C@@H](C(=O)O)O[C@@H](Oc3ccccc3)[C@@](O)(Cl)[C@H]2O)n1. The third-order valence-electron chi connectivity index (χ3n) is 10.3. The summed E-state index contributed by atoms with van der Waals surface area (Å²) < 4.78 is 26.9. The molecule has 17 nitrogen and oxygen atoms in total. The van der Waals surface area contributed by atoms with Crippen LogP contribution in [0.15, 0.2) is 85.1 Å². The summed E-state index contributed by atoms with van der Waals surface area (Å²) in [5, 5.41) is 52.2. The van der Waals surface area contributed by atoms with E-state index in [1.165, 1.54) is 18.2 Å². The number of urea groups is 1. The Morgan fingerprint density at radius 2 is 1.75 bits per heavy atom. The Bertz CT molecular complexity index is 2520. The van der Waals surface area contributed by atoms with Crippen molar-refractivity contribution >= 4 is 55.9 Å². The lowest BCUT2D eigenvalue weighted by Gasteiger charge is -2.49. The summed E-state index contributed by atoms with van der Waals surface area (Å²) in [4.78, 5) is 34.2. The summed E-state index contributed by atoms with van der Waals surface area (Å²) in [5.41, 5.74) is -0.758. The molecule has 2 aliphatic rings. The minimum absolute atomic E-state index is 0.0179. The van der Waals surface area contributed by atoms with Crippen LogP contribution in [0.5, 0.6) is 17.2 Å². The highest BCUT2D eigenvalue weighted by molar-refractivity contribution is 7.23. The number of anilines is 1. The van der Waals surface area contributed by atoms with Crippen molar-refractivity contribution in [1.82, 2.24) is 29.4 Å². The lowest BCUT2D eigenvalue weighted by atomic mass is 9.91. The lowest BCUT2D eigenvalue weighted by Crippen LogP contribution is -2.73. The molecule has 2 aliphatic heterocycles. The number of rotatable bonds is 11. The largest absolute Gasteiger partial charge is 0.479 e. The minimum Gasteiger partial charge on any atom is -0.479 e. The Morgan fingerprint density at radius 3 is 2.48 bits per heavy atom. The van der Waals surface area contributed by atoms with Crippen LogP contribution in [0.4, 0.5) is 10.6 Å². The van der Waals surface area contributed by atoms with Crippen molar-refractivity contribution in [3.8, 4) is 17.2 Å².